The van der Waals surface area contributed by atoms with Crippen LogP contribution in [0.4, 0.5) is 0 Å². The average molecular weight is 253 g/mol. The largest absolute Gasteiger partial charge is 5.00 e. The molecule has 1 aliphatic rings. The second kappa shape index (κ2) is 16.4. The summed E-state index contributed by atoms with van der Waals surface area (Å²) >= 11 is 0. The van der Waals surface area contributed by atoms with Crippen molar-refractivity contribution in [2.24, 2.45) is 0 Å². The Morgan fingerprint density at radius 2 is 1.53 bits per heavy atom. The fourth-order valence-electron chi connectivity index (χ4n) is 1.13. The maximum atomic E-state index is 7.25. The molecule has 0 aliphatic carbocycles. The van der Waals surface area contributed by atoms with Gasteiger partial charge in [-0.2, -0.15) is 26.1 Å². The molecule has 87 valence electrons. The van der Waals surface area contributed by atoms with Crippen LogP contribution in [0.2, 0.25) is 0 Å². The fraction of sp³-hybridized carbons (Fsp3) is 0.889. The topological polar surface area (TPSA) is 81.7 Å². The summed E-state index contributed by atoms with van der Waals surface area (Å²) in [6.07, 6.45) is 5.63. The van der Waals surface area contributed by atoms with Gasteiger partial charge in [-0.25, -0.2) is 0 Å². The van der Waals surface area contributed by atoms with Crippen molar-refractivity contribution in [2.75, 3.05) is 32.8 Å². The van der Waals surface area contributed by atoms with E-state index in [1.54, 1.807) is 0 Å². The van der Waals surface area contributed by atoms with E-state index in [1.165, 1.54) is 0 Å². The summed E-state index contributed by atoms with van der Waals surface area (Å²) in [5.74, 6) is 0. The Kier molecular flexibility index (Phi) is 19.1. The zero-order chi connectivity index (χ0) is 10.5. The summed E-state index contributed by atoms with van der Waals surface area (Å²) in [4.78, 5) is 7.25. The monoisotopic (exact) mass is 253 g/mol. The zero-order valence-electron chi connectivity index (χ0n) is 8.78. The predicted molar refractivity (Wildman–Crippen MR) is 59.3 cm³/mol. The fourth-order valence-corrected chi connectivity index (χ4v) is 1.13. The van der Waals surface area contributed by atoms with Gasteiger partial charge in [-0.3, -0.25) is 13.2 Å². The van der Waals surface area contributed by atoms with Crippen molar-refractivity contribution >= 4 is 0 Å². The second-order valence-electron chi connectivity index (χ2n) is 2.95. The predicted octanol–water partition coefficient (Wildman–Crippen LogP) is 2.77. The van der Waals surface area contributed by atoms with Crippen LogP contribution in [-0.2, 0) is 17.1 Å². The molecule has 5 nitrogen and oxygen atoms in total. The smallest absolute Gasteiger partial charge is 0.688 e. The van der Waals surface area contributed by atoms with Crippen LogP contribution in [-0.4, -0.2) is 32.8 Å². The number of hydrogen-bond acceptors (Lipinski definition) is 1. The molecule has 15 heavy (non-hydrogen) atoms. The number of nitroso groups, excluding NO2 is 1. The van der Waals surface area contributed by atoms with Gasteiger partial charge >= 0.3 is 17.1 Å². The van der Waals surface area contributed by atoms with E-state index in [4.69, 9.17) is 10.5 Å². The molecule has 1 radical (unpaired) electrons. The molecule has 1 rings (SSSR count). The average Bonchev–Trinajstić information content (AvgIpc) is 2.22. The standard InChI is InChI=1S/C9H17N3.Fe.NO/c1-2-5-10-7-4-8-12-9-11-6-3-1;;1-2/h2H,1,3-9H2;;/q-4;+5;-1. The third-order valence-corrected chi connectivity index (χ3v) is 1.82. The Morgan fingerprint density at radius 1 is 0.933 bits per heavy atom. The maximum absolute atomic E-state index is 7.25. The molecule has 0 aromatic rings. The minimum Gasteiger partial charge on any atom is -0.688 e. The van der Waals surface area contributed by atoms with E-state index >= 15 is 0 Å². The molecule has 0 aromatic carbocycles. The van der Waals surface area contributed by atoms with Crippen molar-refractivity contribution in [1.82, 2.24) is 0 Å². The van der Waals surface area contributed by atoms with Crippen LogP contribution in [0.5, 0.6) is 0 Å². The van der Waals surface area contributed by atoms with Gasteiger partial charge in [0.2, 0.25) is 0 Å². The molecular formula is C9H17FeN4O. The summed E-state index contributed by atoms with van der Waals surface area (Å²) in [7, 11) is 0. The first-order valence-corrected chi connectivity index (χ1v) is 4.90. The summed E-state index contributed by atoms with van der Waals surface area (Å²) in [5.41, 5.74) is 5.75. The summed E-state index contributed by atoms with van der Waals surface area (Å²) in [5, 5.41) is 12.9. The van der Waals surface area contributed by atoms with Gasteiger partial charge in [0.25, 0.3) is 0 Å². The van der Waals surface area contributed by atoms with E-state index < -0.39 is 0 Å². The third kappa shape index (κ3) is 14.0. The molecule has 0 spiro atoms. The van der Waals surface area contributed by atoms with Gasteiger partial charge < -0.3 is 32.9 Å². The molecular weight excluding hydrogens is 236 g/mol. The van der Waals surface area contributed by atoms with Crippen LogP contribution in [0.3, 0.4) is 0 Å². The van der Waals surface area contributed by atoms with Gasteiger partial charge in [-0.1, -0.05) is 12.8 Å². The van der Waals surface area contributed by atoms with Crippen LogP contribution in [0.15, 0.2) is 0 Å². The molecule has 6 heteroatoms. The Bertz CT molecular complexity index is 75.3. The van der Waals surface area contributed by atoms with Gasteiger partial charge in [0.05, 0.1) is 0 Å². The van der Waals surface area contributed by atoms with E-state index in [0.717, 1.165) is 45.4 Å². The van der Waals surface area contributed by atoms with Crippen LogP contribution in [0.25, 0.3) is 21.5 Å². The Morgan fingerprint density at radius 3 is 2.27 bits per heavy atom. The zero-order valence-corrected chi connectivity index (χ0v) is 9.89. The van der Waals surface area contributed by atoms with E-state index in [1.807, 2.05) is 0 Å². The first-order chi connectivity index (χ1) is 7.00. The molecule has 1 saturated heterocycles. The van der Waals surface area contributed by atoms with E-state index in [-0.39, 0.29) is 17.1 Å². The van der Waals surface area contributed by atoms with Crippen molar-refractivity contribution in [2.45, 2.75) is 19.3 Å². The van der Waals surface area contributed by atoms with Crippen molar-refractivity contribution in [3.05, 3.63) is 32.9 Å². The third-order valence-electron chi connectivity index (χ3n) is 1.82. The van der Waals surface area contributed by atoms with Gasteiger partial charge in [0.15, 0.2) is 0 Å². The molecule has 1 fully saturated rings. The van der Waals surface area contributed by atoms with Crippen LogP contribution < -0.4 is 0 Å². The van der Waals surface area contributed by atoms with E-state index in [0.29, 0.717) is 6.67 Å². The van der Waals surface area contributed by atoms with Crippen molar-refractivity contribution in [3.8, 4) is 0 Å². The van der Waals surface area contributed by atoms with E-state index in [9.17, 15) is 0 Å². The number of nitrogens with zero attached hydrogens (tertiary/aromatic N) is 4. The second-order valence-corrected chi connectivity index (χ2v) is 2.95. The first kappa shape index (κ1) is 17.4. The van der Waals surface area contributed by atoms with Gasteiger partial charge in [-0.05, 0) is 0 Å². The molecule has 1 aliphatic heterocycles. The SMILES string of the molecule is [CH-]1CCC[N-]C[N-]CCC[N-]C1.[Fe+5].[N-]=O. The van der Waals surface area contributed by atoms with E-state index in [2.05, 4.69) is 22.4 Å². The summed E-state index contributed by atoms with van der Waals surface area (Å²) < 4.78 is 0. The van der Waals surface area contributed by atoms with Crippen LogP contribution >= 0.6 is 0 Å². The minimum absolute atomic E-state index is 0. The molecule has 0 unspecified atom stereocenters. The summed E-state index contributed by atoms with van der Waals surface area (Å²) in [6.45, 7) is 4.45. The Balaban J connectivity index is 0. The minimum atomic E-state index is 0. The quantitative estimate of drug-likeness (QED) is 0.482. The maximum Gasteiger partial charge on any atom is 5.00 e. The molecule has 0 saturated carbocycles. The Labute approximate surface area is 102 Å². The van der Waals surface area contributed by atoms with Crippen molar-refractivity contribution in [1.29, 1.82) is 0 Å². The molecule has 0 atom stereocenters. The molecule has 0 N–H and O–H groups in total. The first-order valence-electron chi connectivity index (χ1n) is 4.90. The molecule has 0 amide bonds. The number of rotatable bonds is 0. The normalized spacial score (nSPS) is 19.5. The molecule has 0 aromatic heterocycles. The van der Waals surface area contributed by atoms with Gasteiger partial charge in [0.1, 0.15) is 0 Å². The van der Waals surface area contributed by atoms with Gasteiger partial charge in [0, 0.05) is 0 Å². The summed E-state index contributed by atoms with van der Waals surface area (Å²) in [6, 6.07) is 0. The molecule has 1 heterocycles. The van der Waals surface area contributed by atoms with Gasteiger partial charge in [-0.15, -0.1) is 0 Å². The Hall–Kier alpha value is -0.000519. The molecule has 0 bridgehead atoms. The van der Waals surface area contributed by atoms with Crippen molar-refractivity contribution < 1.29 is 17.1 Å². The van der Waals surface area contributed by atoms with Crippen LogP contribution in [0, 0.1) is 11.3 Å². The van der Waals surface area contributed by atoms with Crippen molar-refractivity contribution in [3.63, 3.8) is 0 Å². The van der Waals surface area contributed by atoms with Crippen LogP contribution in [0.1, 0.15) is 19.3 Å². The number of hydrogen-bond donors (Lipinski definition) is 0.